The first kappa shape index (κ1) is 23.5. The van der Waals surface area contributed by atoms with Gasteiger partial charge in [0.2, 0.25) is 5.82 Å². The van der Waals surface area contributed by atoms with Crippen LogP contribution in [-0.4, -0.2) is 49.5 Å². The van der Waals surface area contributed by atoms with Crippen molar-refractivity contribution in [1.29, 1.82) is 0 Å². The highest BCUT2D eigenvalue weighted by Crippen LogP contribution is 2.33. The fourth-order valence-corrected chi connectivity index (χ4v) is 2.80. The van der Waals surface area contributed by atoms with Crippen molar-refractivity contribution in [2.24, 2.45) is 4.99 Å². The Bertz CT molecular complexity index is 995. The highest BCUT2D eigenvalue weighted by atomic mass is 32.2. The highest BCUT2D eigenvalue weighted by Gasteiger charge is 2.34. The number of anilines is 1. The van der Waals surface area contributed by atoms with Crippen molar-refractivity contribution >= 4 is 27.6 Å². The summed E-state index contributed by atoms with van der Waals surface area (Å²) >= 11 is 0. The molecule has 30 heavy (non-hydrogen) atoms. The minimum absolute atomic E-state index is 0.0839. The minimum atomic E-state index is -4.88. The van der Waals surface area contributed by atoms with E-state index >= 15 is 0 Å². The average Bonchev–Trinajstić information content (AvgIpc) is 3.10. The van der Waals surface area contributed by atoms with Crippen LogP contribution in [-0.2, 0) is 20.7 Å². The van der Waals surface area contributed by atoms with Crippen LogP contribution in [0.1, 0.15) is 18.2 Å². The molecule has 0 aliphatic carbocycles. The Kier molecular flexibility index (Phi) is 7.65. The number of amidine groups is 1. The van der Waals surface area contributed by atoms with Crippen molar-refractivity contribution in [2.75, 3.05) is 25.0 Å². The van der Waals surface area contributed by atoms with Gasteiger partial charge < -0.3 is 5.32 Å². The van der Waals surface area contributed by atoms with Gasteiger partial charge in [-0.1, -0.05) is 6.92 Å². The minimum Gasteiger partial charge on any atom is -0.363 e. The fourth-order valence-electron chi connectivity index (χ4n) is 2.06. The Hall–Kier alpha value is -2.82. The molecule has 0 unspecified atom stereocenters. The standard InChI is InChI=1S/C14H16F4N6O5S/c1-2-20-30(26,27)28-6-5-19-12-11(23-29-24-12)13(22-25)21-8-3-4-9(10(15)7-8)14(16,17)18/h3-4,7,20,25H,2,5-6H2,1H3,(H,19,24)(H,21,22). The molecular formula is C14H16F4N6O5S. The van der Waals surface area contributed by atoms with Crippen LogP contribution in [0.2, 0.25) is 0 Å². The molecule has 0 aliphatic heterocycles. The third kappa shape index (κ3) is 6.34. The number of aliphatic imine (C=N–C) groups is 1. The van der Waals surface area contributed by atoms with E-state index in [9.17, 15) is 31.2 Å². The van der Waals surface area contributed by atoms with Gasteiger partial charge in [-0.25, -0.2) is 14.0 Å². The molecule has 0 atom stereocenters. The first-order valence-electron chi connectivity index (χ1n) is 8.13. The quantitative estimate of drug-likeness (QED) is 0.145. The van der Waals surface area contributed by atoms with Gasteiger partial charge >= 0.3 is 16.5 Å². The van der Waals surface area contributed by atoms with Crippen LogP contribution in [0.3, 0.4) is 0 Å². The second-order valence-electron chi connectivity index (χ2n) is 5.40. The highest BCUT2D eigenvalue weighted by molar-refractivity contribution is 7.84. The van der Waals surface area contributed by atoms with Crippen molar-refractivity contribution < 1.29 is 40.0 Å². The van der Waals surface area contributed by atoms with Crippen molar-refractivity contribution in [3.8, 4) is 0 Å². The van der Waals surface area contributed by atoms with Crippen LogP contribution >= 0.6 is 0 Å². The summed E-state index contributed by atoms with van der Waals surface area (Å²) in [6.45, 7) is 1.32. The molecule has 0 bridgehead atoms. The number of hydrogen-bond acceptors (Lipinski definition) is 9. The maximum Gasteiger partial charge on any atom is 0.419 e. The number of rotatable bonds is 9. The molecule has 4 N–H and O–H groups in total. The van der Waals surface area contributed by atoms with E-state index in [-0.39, 0.29) is 36.9 Å². The topological polar surface area (TPSA) is 151 Å². The fraction of sp³-hybridized carbons (Fsp3) is 0.357. The molecule has 0 radical (unpaired) electrons. The smallest absolute Gasteiger partial charge is 0.363 e. The predicted octanol–water partition coefficient (Wildman–Crippen LogP) is 1.57. The van der Waals surface area contributed by atoms with E-state index in [2.05, 4.69) is 34.2 Å². The van der Waals surface area contributed by atoms with Crippen LogP contribution in [0.25, 0.3) is 0 Å². The van der Waals surface area contributed by atoms with Crippen LogP contribution in [0.15, 0.2) is 27.8 Å². The molecule has 0 aliphatic rings. The molecule has 0 saturated carbocycles. The second-order valence-corrected chi connectivity index (χ2v) is 6.83. The molecule has 0 spiro atoms. The molecule has 1 heterocycles. The molecule has 0 amide bonds. The predicted molar refractivity (Wildman–Crippen MR) is 93.9 cm³/mol. The Morgan fingerprint density at radius 2 is 2.07 bits per heavy atom. The lowest BCUT2D eigenvalue weighted by Crippen LogP contribution is -2.27. The number of aromatic nitrogens is 2. The number of benzene rings is 1. The molecule has 0 fully saturated rings. The number of alkyl halides is 3. The third-order valence-electron chi connectivity index (χ3n) is 3.27. The van der Waals surface area contributed by atoms with Gasteiger partial charge in [-0.05, 0) is 22.4 Å². The lowest BCUT2D eigenvalue weighted by atomic mass is 10.2. The summed E-state index contributed by atoms with van der Waals surface area (Å²) in [5, 5.41) is 18.8. The van der Waals surface area contributed by atoms with Gasteiger partial charge in [-0.2, -0.15) is 26.3 Å². The summed E-state index contributed by atoms with van der Waals surface area (Å²) in [5.41, 5.74) is -0.307. The Labute approximate surface area is 167 Å². The van der Waals surface area contributed by atoms with Gasteiger partial charge in [0.25, 0.3) is 0 Å². The zero-order valence-corrected chi connectivity index (χ0v) is 16.0. The number of hydroxylamine groups is 1. The lowest BCUT2D eigenvalue weighted by molar-refractivity contribution is -0.139. The molecule has 2 aromatic rings. The van der Waals surface area contributed by atoms with E-state index in [0.717, 1.165) is 6.07 Å². The first-order valence-corrected chi connectivity index (χ1v) is 9.54. The normalized spacial score (nSPS) is 12.8. The van der Waals surface area contributed by atoms with Crippen molar-refractivity contribution in [3.05, 3.63) is 35.3 Å². The maximum absolute atomic E-state index is 13.7. The van der Waals surface area contributed by atoms with Crippen molar-refractivity contribution in [3.63, 3.8) is 0 Å². The molecule has 16 heteroatoms. The Balaban J connectivity index is 2.13. The van der Waals surface area contributed by atoms with E-state index in [1.807, 2.05) is 0 Å². The van der Waals surface area contributed by atoms with E-state index < -0.39 is 33.7 Å². The zero-order valence-electron chi connectivity index (χ0n) is 15.2. The van der Waals surface area contributed by atoms with Gasteiger partial charge in [-0.15, -0.1) is 0 Å². The van der Waals surface area contributed by atoms with Gasteiger partial charge in [0.1, 0.15) is 5.82 Å². The average molecular weight is 456 g/mol. The summed E-state index contributed by atoms with van der Waals surface area (Å²) in [5.74, 6) is -2.09. The molecule has 166 valence electrons. The van der Waals surface area contributed by atoms with Crippen LogP contribution in [0.5, 0.6) is 0 Å². The van der Waals surface area contributed by atoms with E-state index in [0.29, 0.717) is 12.1 Å². The summed E-state index contributed by atoms with van der Waals surface area (Å²) in [6.07, 6.45) is -4.88. The summed E-state index contributed by atoms with van der Waals surface area (Å²) in [7, 11) is -3.90. The molecule has 1 aromatic carbocycles. The Morgan fingerprint density at radius 1 is 1.33 bits per heavy atom. The van der Waals surface area contributed by atoms with Gasteiger partial charge in [0.05, 0.1) is 17.9 Å². The van der Waals surface area contributed by atoms with Crippen LogP contribution in [0.4, 0.5) is 29.1 Å². The molecule has 11 nitrogen and oxygen atoms in total. The third-order valence-corrected chi connectivity index (χ3v) is 4.39. The zero-order chi connectivity index (χ0) is 22.4. The maximum atomic E-state index is 13.7. The van der Waals surface area contributed by atoms with E-state index in [4.69, 9.17) is 0 Å². The van der Waals surface area contributed by atoms with Crippen molar-refractivity contribution in [1.82, 2.24) is 20.5 Å². The number of nitrogens with one attached hydrogen (secondary N) is 3. The number of nitrogens with zero attached hydrogens (tertiary/aromatic N) is 3. The first-order chi connectivity index (χ1) is 14.1. The summed E-state index contributed by atoms with van der Waals surface area (Å²) in [6, 6.07) is 1.88. The Morgan fingerprint density at radius 3 is 2.67 bits per heavy atom. The molecule has 1 aromatic heterocycles. The molecule has 2 rings (SSSR count). The van der Waals surface area contributed by atoms with Gasteiger partial charge in [0.15, 0.2) is 11.5 Å². The van der Waals surface area contributed by atoms with Gasteiger partial charge in [0, 0.05) is 19.2 Å². The monoisotopic (exact) mass is 456 g/mol. The van der Waals surface area contributed by atoms with E-state index in [1.165, 1.54) is 0 Å². The number of hydrogen-bond donors (Lipinski definition) is 4. The lowest BCUT2D eigenvalue weighted by Gasteiger charge is -2.09. The van der Waals surface area contributed by atoms with E-state index in [1.54, 1.807) is 12.4 Å². The largest absolute Gasteiger partial charge is 0.419 e. The summed E-state index contributed by atoms with van der Waals surface area (Å²) < 4.78 is 85.5. The second kappa shape index (κ2) is 9.79. The molecular weight excluding hydrogens is 440 g/mol. The number of halogens is 4. The van der Waals surface area contributed by atoms with Gasteiger partial charge in [-0.3, -0.25) is 14.9 Å². The molecule has 0 saturated heterocycles. The van der Waals surface area contributed by atoms with Crippen molar-refractivity contribution in [2.45, 2.75) is 13.1 Å². The van der Waals surface area contributed by atoms with Crippen LogP contribution < -0.4 is 15.5 Å². The van der Waals surface area contributed by atoms with Crippen LogP contribution in [0, 0.1) is 5.82 Å². The SMILES string of the molecule is CCNS(=O)(=O)OCCNc1nonc1C(=Nc1ccc(C(F)(F)F)c(F)c1)NO. The summed E-state index contributed by atoms with van der Waals surface area (Å²) in [4.78, 5) is 3.76.